The number of carbonyl (C=O) groups excluding carboxylic acids is 1. The van der Waals surface area contributed by atoms with Crippen molar-refractivity contribution < 1.29 is 18.8 Å². The summed E-state index contributed by atoms with van der Waals surface area (Å²) in [6.45, 7) is 0.866. The Hall–Kier alpha value is -3.02. The van der Waals surface area contributed by atoms with Gasteiger partial charge in [-0.25, -0.2) is 0 Å². The number of carbonyl (C=O) groups is 1. The van der Waals surface area contributed by atoms with E-state index < -0.39 is 0 Å². The van der Waals surface area contributed by atoms with Gasteiger partial charge in [0.05, 0.1) is 13.0 Å². The predicted octanol–water partition coefficient (Wildman–Crippen LogP) is 2.67. The van der Waals surface area contributed by atoms with Gasteiger partial charge in [0.1, 0.15) is 12.3 Å². The molecule has 0 N–H and O–H groups in total. The summed E-state index contributed by atoms with van der Waals surface area (Å²) in [7, 11) is 1.76. The summed E-state index contributed by atoms with van der Waals surface area (Å²) in [6, 6.07) is 15.1. The number of fused-ring (bicyclic) bond motifs is 2. The van der Waals surface area contributed by atoms with E-state index in [1.54, 1.807) is 11.9 Å². The minimum Gasteiger partial charge on any atom is -0.486 e. The van der Waals surface area contributed by atoms with Crippen LogP contribution in [0.25, 0.3) is 11.0 Å². The largest absolute Gasteiger partial charge is 0.486 e. The number of aromatic nitrogens is 1. The maximum Gasteiger partial charge on any atom is 0.228 e. The van der Waals surface area contributed by atoms with Crippen LogP contribution in [0.5, 0.6) is 11.5 Å². The van der Waals surface area contributed by atoms with Gasteiger partial charge in [-0.15, -0.1) is 0 Å². The molecular formula is C19H18N2O4. The Kier molecular flexibility index (Phi) is 4.01. The predicted molar refractivity (Wildman–Crippen MR) is 91.7 cm³/mol. The van der Waals surface area contributed by atoms with Crippen LogP contribution in [0, 0.1) is 0 Å². The standard InChI is InChI=1S/C19H18N2O4/c1-21(11-13-12-23-17-8-4-5-9-18(17)24-13)19(22)10-15-14-6-2-3-7-16(14)25-20-15/h2-9,13H,10-12H2,1H3. The Morgan fingerprint density at radius 1 is 1.16 bits per heavy atom. The van der Waals surface area contributed by atoms with Crippen molar-refractivity contribution in [3.8, 4) is 11.5 Å². The highest BCUT2D eigenvalue weighted by atomic mass is 16.6. The molecule has 1 amide bonds. The number of para-hydroxylation sites is 3. The normalized spacial score (nSPS) is 16.0. The van der Waals surface area contributed by atoms with Crippen molar-refractivity contribution >= 4 is 16.9 Å². The molecule has 6 nitrogen and oxygen atoms in total. The molecule has 4 rings (SSSR count). The lowest BCUT2D eigenvalue weighted by molar-refractivity contribution is -0.130. The van der Waals surface area contributed by atoms with Crippen LogP contribution in [-0.2, 0) is 11.2 Å². The van der Waals surface area contributed by atoms with E-state index in [1.165, 1.54) is 0 Å². The minimum atomic E-state index is -0.196. The second-order valence-electron chi connectivity index (χ2n) is 6.07. The zero-order chi connectivity index (χ0) is 17.2. The second-order valence-corrected chi connectivity index (χ2v) is 6.07. The van der Waals surface area contributed by atoms with E-state index >= 15 is 0 Å². The highest BCUT2D eigenvalue weighted by molar-refractivity contribution is 5.86. The van der Waals surface area contributed by atoms with Crippen molar-refractivity contribution in [1.29, 1.82) is 0 Å². The Morgan fingerprint density at radius 2 is 1.92 bits per heavy atom. The highest BCUT2D eigenvalue weighted by Gasteiger charge is 2.24. The van der Waals surface area contributed by atoms with Gasteiger partial charge < -0.3 is 18.9 Å². The molecule has 0 aliphatic carbocycles. The Balaban J connectivity index is 1.40. The Bertz CT molecular complexity index is 905. The van der Waals surface area contributed by atoms with Gasteiger partial charge in [0.15, 0.2) is 23.2 Å². The first kappa shape index (κ1) is 15.5. The third-order valence-electron chi connectivity index (χ3n) is 4.24. The lowest BCUT2D eigenvalue weighted by atomic mass is 10.1. The van der Waals surface area contributed by atoms with Crippen LogP contribution in [0.15, 0.2) is 53.1 Å². The fourth-order valence-electron chi connectivity index (χ4n) is 2.90. The molecule has 0 fully saturated rings. The second kappa shape index (κ2) is 6.47. The van der Waals surface area contributed by atoms with Gasteiger partial charge in [-0.3, -0.25) is 4.79 Å². The van der Waals surface area contributed by atoms with E-state index in [0.717, 1.165) is 11.1 Å². The average Bonchev–Trinajstić information content (AvgIpc) is 3.04. The molecule has 1 unspecified atom stereocenters. The van der Waals surface area contributed by atoms with E-state index in [0.29, 0.717) is 30.2 Å². The zero-order valence-electron chi connectivity index (χ0n) is 13.8. The molecule has 6 heteroatoms. The average molecular weight is 338 g/mol. The van der Waals surface area contributed by atoms with Crippen molar-refractivity contribution in [2.24, 2.45) is 0 Å². The van der Waals surface area contributed by atoms with Gasteiger partial charge >= 0.3 is 0 Å². The van der Waals surface area contributed by atoms with Crippen molar-refractivity contribution in [2.45, 2.75) is 12.5 Å². The summed E-state index contributed by atoms with van der Waals surface area (Å²) < 4.78 is 16.8. The van der Waals surface area contributed by atoms with E-state index in [2.05, 4.69) is 5.16 Å². The van der Waals surface area contributed by atoms with Crippen LogP contribution in [0.4, 0.5) is 0 Å². The molecule has 1 aliphatic rings. The zero-order valence-corrected chi connectivity index (χ0v) is 13.8. The smallest absolute Gasteiger partial charge is 0.228 e. The number of rotatable bonds is 4. The number of nitrogens with zero attached hydrogens (tertiary/aromatic N) is 2. The third kappa shape index (κ3) is 3.15. The van der Waals surface area contributed by atoms with E-state index in [9.17, 15) is 4.79 Å². The first-order chi connectivity index (χ1) is 12.2. The summed E-state index contributed by atoms with van der Waals surface area (Å²) >= 11 is 0. The molecule has 1 aromatic heterocycles. The first-order valence-electron chi connectivity index (χ1n) is 8.16. The molecule has 1 atom stereocenters. The Labute approximate surface area is 144 Å². The number of hydrogen-bond donors (Lipinski definition) is 0. The number of ether oxygens (including phenoxy) is 2. The maximum atomic E-state index is 12.5. The molecule has 0 radical (unpaired) electrons. The number of hydrogen-bond acceptors (Lipinski definition) is 5. The van der Waals surface area contributed by atoms with Crippen molar-refractivity contribution in [2.75, 3.05) is 20.2 Å². The molecule has 0 saturated carbocycles. The molecule has 0 spiro atoms. The van der Waals surface area contributed by atoms with Crippen LogP contribution >= 0.6 is 0 Å². The molecule has 2 heterocycles. The van der Waals surface area contributed by atoms with Gasteiger partial charge in [-0.2, -0.15) is 0 Å². The van der Waals surface area contributed by atoms with Gasteiger partial charge in [-0.05, 0) is 24.3 Å². The van der Waals surface area contributed by atoms with Crippen LogP contribution in [0.1, 0.15) is 5.69 Å². The number of likely N-dealkylation sites (N-methyl/N-ethyl adjacent to an activating group) is 1. The van der Waals surface area contributed by atoms with Crippen LogP contribution in [0.2, 0.25) is 0 Å². The van der Waals surface area contributed by atoms with Gasteiger partial charge in [0.25, 0.3) is 0 Å². The van der Waals surface area contributed by atoms with E-state index in [-0.39, 0.29) is 18.4 Å². The van der Waals surface area contributed by atoms with Gasteiger partial charge in [-0.1, -0.05) is 29.4 Å². The summed E-state index contributed by atoms with van der Waals surface area (Å²) in [4.78, 5) is 14.2. The fraction of sp³-hybridized carbons (Fsp3) is 0.263. The highest BCUT2D eigenvalue weighted by Crippen LogP contribution is 2.31. The van der Waals surface area contributed by atoms with Gasteiger partial charge in [0.2, 0.25) is 5.91 Å². The van der Waals surface area contributed by atoms with Crippen LogP contribution in [-0.4, -0.2) is 42.3 Å². The number of benzene rings is 2. The summed E-state index contributed by atoms with van der Waals surface area (Å²) in [5.41, 5.74) is 1.34. The topological polar surface area (TPSA) is 64.8 Å². The summed E-state index contributed by atoms with van der Waals surface area (Å²) in [6.07, 6.45) is -0.00425. The molecule has 1 aliphatic heterocycles. The van der Waals surface area contributed by atoms with Crippen LogP contribution in [0.3, 0.4) is 0 Å². The molecule has 0 saturated heterocycles. The molecule has 3 aromatic rings. The first-order valence-corrected chi connectivity index (χ1v) is 8.16. The van der Waals surface area contributed by atoms with Crippen LogP contribution < -0.4 is 9.47 Å². The van der Waals surface area contributed by atoms with Crippen molar-refractivity contribution in [3.05, 3.63) is 54.2 Å². The van der Waals surface area contributed by atoms with Gasteiger partial charge in [0, 0.05) is 12.4 Å². The molecular weight excluding hydrogens is 320 g/mol. The lowest BCUT2D eigenvalue weighted by Gasteiger charge is -2.29. The molecule has 2 aromatic carbocycles. The maximum absolute atomic E-state index is 12.5. The molecule has 25 heavy (non-hydrogen) atoms. The minimum absolute atomic E-state index is 0.0403. The monoisotopic (exact) mass is 338 g/mol. The van der Waals surface area contributed by atoms with Crippen molar-refractivity contribution in [1.82, 2.24) is 10.1 Å². The molecule has 128 valence electrons. The van der Waals surface area contributed by atoms with E-state index in [4.69, 9.17) is 14.0 Å². The summed E-state index contributed by atoms with van der Waals surface area (Å²) in [5.74, 6) is 1.41. The third-order valence-corrected chi connectivity index (χ3v) is 4.24. The SMILES string of the molecule is CN(CC1COc2ccccc2O1)C(=O)Cc1noc2ccccc12. The van der Waals surface area contributed by atoms with Crippen molar-refractivity contribution in [3.63, 3.8) is 0 Å². The van der Waals surface area contributed by atoms with E-state index in [1.807, 2.05) is 48.5 Å². The fourth-order valence-corrected chi connectivity index (χ4v) is 2.90. The Morgan fingerprint density at radius 3 is 2.80 bits per heavy atom. The molecule has 0 bridgehead atoms. The summed E-state index contributed by atoms with van der Waals surface area (Å²) in [5, 5.41) is 4.89. The lowest BCUT2D eigenvalue weighted by Crippen LogP contribution is -2.42. The number of amides is 1. The quantitative estimate of drug-likeness (QED) is 0.732.